The first-order valence-corrected chi connectivity index (χ1v) is 7.73. The highest BCUT2D eigenvalue weighted by Gasteiger charge is 2.37. The lowest BCUT2D eigenvalue weighted by Crippen LogP contribution is -2.36. The van der Waals surface area contributed by atoms with E-state index in [1.54, 1.807) is 18.2 Å². The minimum absolute atomic E-state index is 0.329. The van der Waals surface area contributed by atoms with Crippen LogP contribution in [-0.2, 0) is 9.59 Å². The second kappa shape index (κ2) is 7.04. The third kappa shape index (κ3) is 3.85. The van der Waals surface area contributed by atoms with E-state index in [1.807, 2.05) is 13.8 Å². The molecule has 0 spiro atoms. The van der Waals surface area contributed by atoms with Gasteiger partial charge in [-0.1, -0.05) is 22.7 Å². The molecule has 1 aromatic carbocycles. The first-order valence-electron chi connectivity index (χ1n) is 7.36. The van der Waals surface area contributed by atoms with Crippen LogP contribution in [0.3, 0.4) is 0 Å². The summed E-state index contributed by atoms with van der Waals surface area (Å²) >= 11 is 5.96. The fourth-order valence-corrected chi connectivity index (χ4v) is 3.00. The van der Waals surface area contributed by atoms with Crippen LogP contribution in [0.1, 0.15) is 26.7 Å². The van der Waals surface area contributed by atoms with Crippen molar-refractivity contribution in [3.63, 3.8) is 0 Å². The average Bonchev–Trinajstić information content (AvgIpc) is 2.49. The summed E-state index contributed by atoms with van der Waals surface area (Å²) in [4.78, 5) is 24.1. The van der Waals surface area contributed by atoms with Gasteiger partial charge in [-0.15, -0.1) is 0 Å². The van der Waals surface area contributed by atoms with Gasteiger partial charge >= 0.3 is 5.97 Å². The van der Waals surface area contributed by atoms with Crippen molar-refractivity contribution in [1.82, 2.24) is 0 Å². The van der Waals surface area contributed by atoms with Gasteiger partial charge in [0.05, 0.1) is 24.6 Å². The van der Waals surface area contributed by atoms with Crippen molar-refractivity contribution >= 4 is 29.2 Å². The lowest BCUT2D eigenvalue weighted by atomic mass is 9.76. The van der Waals surface area contributed by atoms with Crippen molar-refractivity contribution in [2.45, 2.75) is 26.7 Å². The molecule has 6 heteroatoms. The zero-order chi connectivity index (χ0) is 17.1. The molecule has 0 bridgehead atoms. The zero-order valence-electron chi connectivity index (χ0n) is 13.4. The molecule has 0 unspecified atom stereocenters. The van der Waals surface area contributed by atoms with Crippen molar-refractivity contribution in [1.29, 1.82) is 0 Å². The van der Waals surface area contributed by atoms with Crippen LogP contribution >= 0.6 is 11.6 Å². The Morgan fingerprint density at radius 1 is 1.22 bits per heavy atom. The van der Waals surface area contributed by atoms with Gasteiger partial charge in [-0.05, 0) is 44.9 Å². The van der Waals surface area contributed by atoms with Crippen LogP contribution in [0.25, 0.3) is 0 Å². The van der Waals surface area contributed by atoms with E-state index >= 15 is 0 Å². The Balaban J connectivity index is 2.25. The second-order valence-electron chi connectivity index (χ2n) is 5.85. The predicted molar refractivity (Wildman–Crippen MR) is 88.9 cm³/mol. The topological polar surface area (TPSA) is 75.6 Å². The van der Waals surface area contributed by atoms with Crippen molar-refractivity contribution < 1.29 is 19.4 Å². The van der Waals surface area contributed by atoms with Gasteiger partial charge in [-0.25, -0.2) is 0 Å². The summed E-state index contributed by atoms with van der Waals surface area (Å²) in [7, 11) is 1.50. The molecule has 0 saturated carbocycles. The van der Waals surface area contributed by atoms with Crippen LogP contribution in [-0.4, -0.2) is 24.1 Å². The highest BCUT2D eigenvalue weighted by atomic mass is 35.5. The quantitative estimate of drug-likeness (QED) is 0.821. The standard InChI is InChI=1S/C17H20ClNO4/c1-9-6-12(13(17(21)22)7-10(9)2)16(20)19-14-8-11(18)4-5-15(14)23-3/h4-5,8,12-13H,6-7H2,1-3H3,(H,19,20)(H,21,22)/t12-,13-/m1/s1. The number of hydrogen-bond acceptors (Lipinski definition) is 3. The molecule has 1 aromatic rings. The number of aliphatic carboxylic acids is 1. The molecular formula is C17H20ClNO4. The molecule has 1 aliphatic rings. The van der Waals surface area contributed by atoms with E-state index < -0.39 is 17.8 Å². The molecule has 1 amide bonds. The summed E-state index contributed by atoms with van der Waals surface area (Å²) in [5.74, 6) is -2.13. The Labute approximate surface area is 140 Å². The maximum absolute atomic E-state index is 12.6. The molecule has 5 nitrogen and oxygen atoms in total. The zero-order valence-corrected chi connectivity index (χ0v) is 14.1. The van der Waals surface area contributed by atoms with Gasteiger partial charge in [0.15, 0.2) is 0 Å². The van der Waals surface area contributed by atoms with Crippen molar-refractivity contribution in [3.8, 4) is 5.75 Å². The van der Waals surface area contributed by atoms with Crippen molar-refractivity contribution in [2.24, 2.45) is 11.8 Å². The number of ether oxygens (including phenoxy) is 1. The molecule has 0 aromatic heterocycles. The molecule has 1 aliphatic carbocycles. The number of rotatable bonds is 4. The number of amides is 1. The third-order valence-electron chi connectivity index (χ3n) is 4.34. The van der Waals surface area contributed by atoms with Crippen LogP contribution in [0.4, 0.5) is 5.69 Å². The summed E-state index contributed by atoms with van der Waals surface area (Å²) in [6.07, 6.45) is 0.837. The smallest absolute Gasteiger partial charge is 0.307 e. The Morgan fingerprint density at radius 2 is 1.83 bits per heavy atom. The summed E-state index contributed by atoms with van der Waals surface area (Å²) < 4.78 is 5.20. The molecule has 0 fully saturated rings. The Morgan fingerprint density at radius 3 is 2.39 bits per heavy atom. The summed E-state index contributed by atoms with van der Waals surface area (Å²) in [6, 6.07) is 4.90. The molecule has 0 saturated heterocycles. The van der Waals surface area contributed by atoms with E-state index in [-0.39, 0.29) is 5.91 Å². The summed E-state index contributed by atoms with van der Waals surface area (Å²) in [6.45, 7) is 3.85. The Bertz CT molecular complexity index is 669. The summed E-state index contributed by atoms with van der Waals surface area (Å²) in [5, 5.41) is 12.6. The third-order valence-corrected chi connectivity index (χ3v) is 4.57. The first-order chi connectivity index (χ1) is 10.8. The number of methoxy groups -OCH3 is 1. The van der Waals surface area contributed by atoms with E-state index in [0.717, 1.165) is 11.1 Å². The van der Waals surface area contributed by atoms with Crippen LogP contribution in [0.15, 0.2) is 29.3 Å². The van der Waals surface area contributed by atoms with Gasteiger partial charge < -0.3 is 15.2 Å². The van der Waals surface area contributed by atoms with Gasteiger partial charge in [0.1, 0.15) is 5.75 Å². The lowest BCUT2D eigenvalue weighted by Gasteiger charge is -2.29. The van der Waals surface area contributed by atoms with Gasteiger partial charge in [-0.3, -0.25) is 9.59 Å². The number of hydrogen-bond donors (Lipinski definition) is 2. The predicted octanol–water partition coefficient (Wildman–Crippen LogP) is 3.73. The molecule has 124 valence electrons. The van der Waals surface area contributed by atoms with Gasteiger partial charge in [0.2, 0.25) is 5.91 Å². The number of carboxylic acids is 1. The second-order valence-corrected chi connectivity index (χ2v) is 6.29. The van der Waals surface area contributed by atoms with Crippen LogP contribution in [0.2, 0.25) is 5.02 Å². The molecule has 2 N–H and O–H groups in total. The lowest BCUT2D eigenvalue weighted by molar-refractivity contribution is -0.146. The normalized spacial score (nSPS) is 21.0. The Hall–Kier alpha value is -2.01. The maximum Gasteiger partial charge on any atom is 0.307 e. The fraction of sp³-hybridized carbons (Fsp3) is 0.412. The molecule has 0 heterocycles. The maximum atomic E-state index is 12.6. The number of allylic oxidation sites excluding steroid dienone is 2. The number of carbonyl (C=O) groups excluding carboxylic acids is 1. The molecule has 0 radical (unpaired) electrons. The van der Waals surface area contributed by atoms with Crippen molar-refractivity contribution in [3.05, 3.63) is 34.4 Å². The molecule has 0 aliphatic heterocycles. The van der Waals surface area contributed by atoms with Gasteiger partial charge in [0, 0.05) is 5.02 Å². The molecular weight excluding hydrogens is 318 g/mol. The van der Waals surface area contributed by atoms with Crippen LogP contribution in [0, 0.1) is 11.8 Å². The largest absolute Gasteiger partial charge is 0.495 e. The number of carboxylic acid groups (broad SMARTS) is 1. The summed E-state index contributed by atoms with van der Waals surface area (Å²) in [5.41, 5.74) is 2.56. The number of carbonyl (C=O) groups is 2. The monoisotopic (exact) mass is 337 g/mol. The average molecular weight is 338 g/mol. The minimum atomic E-state index is -0.949. The van der Waals surface area contributed by atoms with E-state index in [1.165, 1.54) is 7.11 Å². The van der Waals surface area contributed by atoms with E-state index in [0.29, 0.717) is 29.3 Å². The van der Waals surface area contributed by atoms with Gasteiger partial charge in [0.25, 0.3) is 0 Å². The first kappa shape index (κ1) is 17.3. The number of nitrogens with one attached hydrogen (secondary N) is 1. The number of anilines is 1. The van der Waals surface area contributed by atoms with E-state index in [9.17, 15) is 14.7 Å². The fourth-order valence-electron chi connectivity index (χ4n) is 2.83. The minimum Gasteiger partial charge on any atom is -0.495 e. The van der Waals surface area contributed by atoms with Crippen molar-refractivity contribution in [2.75, 3.05) is 12.4 Å². The Kier molecular flexibility index (Phi) is 5.31. The van der Waals surface area contributed by atoms with Gasteiger partial charge in [-0.2, -0.15) is 0 Å². The van der Waals surface area contributed by atoms with E-state index in [4.69, 9.17) is 16.3 Å². The number of halogens is 1. The SMILES string of the molecule is COc1ccc(Cl)cc1NC(=O)[C@@H]1CC(C)=C(C)C[C@H]1C(=O)O. The molecule has 2 atom stereocenters. The molecule has 2 rings (SSSR count). The van der Waals surface area contributed by atoms with Crippen LogP contribution < -0.4 is 10.1 Å². The van der Waals surface area contributed by atoms with Crippen LogP contribution in [0.5, 0.6) is 5.75 Å². The van der Waals surface area contributed by atoms with E-state index in [2.05, 4.69) is 5.32 Å². The molecule has 23 heavy (non-hydrogen) atoms. The highest BCUT2D eigenvalue weighted by molar-refractivity contribution is 6.31. The highest BCUT2D eigenvalue weighted by Crippen LogP contribution is 2.36. The number of benzene rings is 1.